The quantitative estimate of drug-likeness (QED) is 0.874. The Balaban J connectivity index is 2.79. The third-order valence-electron chi connectivity index (χ3n) is 2.72. The van der Waals surface area contributed by atoms with Crippen LogP contribution in [0.2, 0.25) is 0 Å². The first-order valence-corrected chi connectivity index (χ1v) is 5.70. The summed E-state index contributed by atoms with van der Waals surface area (Å²) in [6.07, 6.45) is -0.723. The molecule has 0 aromatic heterocycles. The number of halogens is 2. The number of aliphatic hydroxyl groups is 1. The highest BCUT2D eigenvalue weighted by atomic mass is 19.3. The minimum atomic E-state index is -2.84. The SMILES string of the molecule is CC(C)(C)[C@H](O)[C@H](N)c1ccc(OC(F)F)cc1. The van der Waals surface area contributed by atoms with Gasteiger partial charge in [0, 0.05) is 0 Å². The van der Waals surface area contributed by atoms with E-state index in [0.29, 0.717) is 5.56 Å². The zero-order valence-electron chi connectivity index (χ0n) is 10.7. The van der Waals surface area contributed by atoms with E-state index in [4.69, 9.17) is 5.73 Å². The van der Waals surface area contributed by atoms with E-state index in [2.05, 4.69) is 4.74 Å². The molecular formula is C13H19F2NO2. The van der Waals surface area contributed by atoms with Gasteiger partial charge in [-0.15, -0.1) is 0 Å². The standard InChI is InChI=1S/C13H19F2NO2/c1-13(2,3)11(17)10(16)8-4-6-9(7-5-8)18-12(14)15/h4-7,10-12,17H,16H2,1-3H3/t10-,11-/m1/s1. The maximum atomic E-state index is 12.0. The van der Waals surface area contributed by atoms with Gasteiger partial charge < -0.3 is 15.6 Å². The predicted octanol–water partition coefficient (Wildman–Crippen LogP) is 2.69. The largest absolute Gasteiger partial charge is 0.435 e. The molecule has 1 aromatic rings. The summed E-state index contributed by atoms with van der Waals surface area (Å²) < 4.78 is 28.2. The highest BCUT2D eigenvalue weighted by Gasteiger charge is 2.28. The van der Waals surface area contributed by atoms with Crippen molar-refractivity contribution in [2.75, 3.05) is 0 Å². The molecule has 5 heteroatoms. The summed E-state index contributed by atoms with van der Waals surface area (Å²) in [5.74, 6) is 0.0752. The van der Waals surface area contributed by atoms with Gasteiger partial charge in [-0.25, -0.2) is 0 Å². The molecule has 1 aromatic carbocycles. The fraction of sp³-hybridized carbons (Fsp3) is 0.538. The fourth-order valence-corrected chi connectivity index (χ4v) is 1.59. The van der Waals surface area contributed by atoms with Gasteiger partial charge in [-0.05, 0) is 23.1 Å². The van der Waals surface area contributed by atoms with Crippen LogP contribution in [0, 0.1) is 5.41 Å². The van der Waals surface area contributed by atoms with E-state index in [1.165, 1.54) is 12.1 Å². The van der Waals surface area contributed by atoms with Gasteiger partial charge in [0.25, 0.3) is 0 Å². The van der Waals surface area contributed by atoms with Gasteiger partial charge in [0.15, 0.2) is 0 Å². The Labute approximate surface area is 106 Å². The van der Waals surface area contributed by atoms with E-state index in [0.717, 1.165) is 0 Å². The average Bonchev–Trinajstić information content (AvgIpc) is 2.26. The molecule has 2 atom stereocenters. The molecule has 0 radical (unpaired) electrons. The van der Waals surface area contributed by atoms with Crippen LogP contribution in [-0.4, -0.2) is 17.8 Å². The highest BCUT2D eigenvalue weighted by Crippen LogP contribution is 2.29. The second-order valence-electron chi connectivity index (χ2n) is 5.28. The lowest BCUT2D eigenvalue weighted by atomic mass is 9.82. The third kappa shape index (κ3) is 3.92. The molecule has 0 fully saturated rings. The zero-order chi connectivity index (χ0) is 13.9. The maximum Gasteiger partial charge on any atom is 0.387 e. The van der Waals surface area contributed by atoms with Crippen molar-refractivity contribution in [2.45, 2.75) is 39.5 Å². The zero-order valence-corrected chi connectivity index (χ0v) is 10.7. The van der Waals surface area contributed by atoms with Crippen LogP contribution in [0.25, 0.3) is 0 Å². The van der Waals surface area contributed by atoms with Crippen LogP contribution in [0.3, 0.4) is 0 Å². The van der Waals surface area contributed by atoms with Gasteiger partial charge in [-0.3, -0.25) is 0 Å². The smallest absolute Gasteiger partial charge is 0.387 e. The van der Waals surface area contributed by atoms with Gasteiger partial charge >= 0.3 is 6.61 Å². The van der Waals surface area contributed by atoms with E-state index in [-0.39, 0.29) is 11.2 Å². The molecule has 0 saturated heterocycles. The van der Waals surface area contributed by atoms with Crippen molar-refractivity contribution < 1.29 is 18.6 Å². The summed E-state index contributed by atoms with van der Waals surface area (Å²) in [6.45, 7) is 2.80. The number of aliphatic hydroxyl groups excluding tert-OH is 1. The number of benzene rings is 1. The summed E-state index contributed by atoms with van der Waals surface area (Å²) in [5, 5.41) is 10.0. The van der Waals surface area contributed by atoms with Crippen LogP contribution in [0.4, 0.5) is 8.78 Å². The van der Waals surface area contributed by atoms with Crippen molar-refractivity contribution in [3.8, 4) is 5.75 Å². The van der Waals surface area contributed by atoms with Crippen molar-refractivity contribution in [3.63, 3.8) is 0 Å². The van der Waals surface area contributed by atoms with Crippen LogP contribution in [0.1, 0.15) is 32.4 Å². The molecule has 18 heavy (non-hydrogen) atoms. The molecule has 3 N–H and O–H groups in total. The Bertz CT molecular complexity index is 374. The van der Waals surface area contributed by atoms with E-state index < -0.39 is 18.8 Å². The molecule has 0 heterocycles. The molecule has 3 nitrogen and oxygen atoms in total. The highest BCUT2D eigenvalue weighted by molar-refractivity contribution is 5.29. The molecule has 0 bridgehead atoms. The normalized spacial score (nSPS) is 15.6. The van der Waals surface area contributed by atoms with E-state index >= 15 is 0 Å². The van der Waals surface area contributed by atoms with Crippen LogP contribution in [0.5, 0.6) is 5.75 Å². The number of hydrogen-bond donors (Lipinski definition) is 2. The second-order valence-corrected chi connectivity index (χ2v) is 5.28. The first kappa shape index (κ1) is 14.9. The Hall–Kier alpha value is -1.20. The van der Waals surface area contributed by atoms with E-state index in [9.17, 15) is 13.9 Å². The Morgan fingerprint density at radius 3 is 2.06 bits per heavy atom. The molecule has 0 aliphatic rings. The second kappa shape index (κ2) is 5.63. The fourth-order valence-electron chi connectivity index (χ4n) is 1.59. The Morgan fingerprint density at radius 2 is 1.67 bits per heavy atom. The monoisotopic (exact) mass is 259 g/mol. The molecule has 1 rings (SSSR count). The molecule has 0 spiro atoms. The van der Waals surface area contributed by atoms with E-state index in [1.807, 2.05) is 20.8 Å². The topological polar surface area (TPSA) is 55.5 Å². The first-order valence-electron chi connectivity index (χ1n) is 5.70. The van der Waals surface area contributed by atoms with Gasteiger partial charge in [0.1, 0.15) is 5.75 Å². The summed E-state index contributed by atoms with van der Waals surface area (Å²) in [4.78, 5) is 0. The number of nitrogens with two attached hydrogens (primary N) is 1. The van der Waals surface area contributed by atoms with Crippen molar-refractivity contribution in [2.24, 2.45) is 11.1 Å². The number of ether oxygens (including phenoxy) is 1. The van der Waals surface area contributed by atoms with Gasteiger partial charge in [0.2, 0.25) is 0 Å². The first-order chi connectivity index (χ1) is 8.21. The lowest BCUT2D eigenvalue weighted by Gasteiger charge is -2.31. The Kier molecular flexibility index (Phi) is 4.65. The molecule has 0 amide bonds. The average molecular weight is 259 g/mol. The number of hydrogen-bond acceptors (Lipinski definition) is 3. The molecular weight excluding hydrogens is 240 g/mol. The van der Waals surface area contributed by atoms with Crippen molar-refractivity contribution in [3.05, 3.63) is 29.8 Å². The molecule has 0 aliphatic heterocycles. The molecule has 102 valence electrons. The van der Waals surface area contributed by atoms with Gasteiger partial charge in [0.05, 0.1) is 12.1 Å². The summed E-state index contributed by atoms with van der Waals surface area (Å²) >= 11 is 0. The number of alkyl halides is 2. The van der Waals surface area contributed by atoms with Gasteiger partial charge in [-0.2, -0.15) is 8.78 Å². The van der Waals surface area contributed by atoms with Crippen molar-refractivity contribution >= 4 is 0 Å². The molecule has 0 saturated carbocycles. The van der Waals surface area contributed by atoms with Crippen LogP contribution < -0.4 is 10.5 Å². The summed E-state index contributed by atoms with van der Waals surface area (Å²) in [6, 6.07) is 5.42. The van der Waals surface area contributed by atoms with Crippen LogP contribution in [0.15, 0.2) is 24.3 Å². The van der Waals surface area contributed by atoms with Gasteiger partial charge in [-0.1, -0.05) is 32.9 Å². The minimum Gasteiger partial charge on any atom is -0.435 e. The minimum absolute atomic E-state index is 0.0752. The van der Waals surface area contributed by atoms with Crippen molar-refractivity contribution in [1.29, 1.82) is 0 Å². The van der Waals surface area contributed by atoms with E-state index in [1.54, 1.807) is 12.1 Å². The lowest BCUT2D eigenvalue weighted by Crippen LogP contribution is -2.36. The maximum absolute atomic E-state index is 12.0. The molecule has 0 unspecified atom stereocenters. The van der Waals surface area contributed by atoms with Crippen LogP contribution >= 0.6 is 0 Å². The molecule has 0 aliphatic carbocycles. The Morgan fingerprint density at radius 1 is 1.17 bits per heavy atom. The van der Waals surface area contributed by atoms with Crippen LogP contribution in [-0.2, 0) is 0 Å². The number of rotatable bonds is 4. The summed E-state index contributed by atoms with van der Waals surface area (Å²) in [5.41, 5.74) is 6.27. The predicted molar refractivity (Wildman–Crippen MR) is 65.5 cm³/mol. The van der Waals surface area contributed by atoms with Crippen molar-refractivity contribution in [1.82, 2.24) is 0 Å². The third-order valence-corrected chi connectivity index (χ3v) is 2.72. The lowest BCUT2D eigenvalue weighted by molar-refractivity contribution is -0.0498. The summed E-state index contributed by atoms with van der Waals surface area (Å²) in [7, 11) is 0.